The molecule has 112 valence electrons. The van der Waals surface area contributed by atoms with E-state index in [1.54, 1.807) is 42.5 Å². The van der Waals surface area contributed by atoms with Gasteiger partial charge in [-0.25, -0.2) is 0 Å². The average molecular weight is 297 g/mol. The van der Waals surface area contributed by atoms with Crippen LogP contribution in [-0.4, -0.2) is 34.6 Å². The largest absolute Gasteiger partial charge is 0.385 e. The third-order valence-electron chi connectivity index (χ3n) is 3.66. The summed E-state index contributed by atoms with van der Waals surface area (Å²) < 4.78 is 0. The summed E-state index contributed by atoms with van der Waals surface area (Å²) in [6, 6.07) is 11.8. The van der Waals surface area contributed by atoms with Gasteiger partial charge in [-0.05, 0) is 18.2 Å². The van der Waals surface area contributed by atoms with Crippen molar-refractivity contribution in [2.45, 2.75) is 12.7 Å². The van der Waals surface area contributed by atoms with Gasteiger partial charge in [0.05, 0.1) is 0 Å². The lowest BCUT2D eigenvalue weighted by Crippen LogP contribution is -2.21. The number of aliphatic hydroxyl groups excluding tert-OH is 1. The molecule has 0 amide bonds. The Morgan fingerprint density at radius 3 is 2.09 bits per heavy atom. The number of carbonyl (C=O) groups excluding carboxylic acids is 2. The summed E-state index contributed by atoms with van der Waals surface area (Å²) in [6.45, 7) is 0.356. The first-order chi connectivity index (χ1) is 10.6. The van der Waals surface area contributed by atoms with E-state index in [1.807, 2.05) is 0 Å². The molecule has 0 saturated carbocycles. The summed E-state index contributed by atoms with van der Waals surface area (Å²) >= 11 is 0. The van der Waals surface area contributed by atoms with Gasteiger partial charge in [-0.3, -0.25) is 9.59 Å². The van der Waals surface area contributed by atoms with Crippen molar-refractivity contribution >= 4 is 17.3 Å². The molecule has 5 heteroatoms. The molecule has 0 heterocycles. The third-order valence-corrected chi connectivity index (χ3v) is 3.66. The van der Waals surface area contributed by atoms with Crippen LogP contribution in [0.1, 0.15) is 38.3 Å². The van der Waals surface area contributed by atoms with E-state index in [9.17, 15) is 9.59 Å². The molecule has 0 unspecified atom stereocenters. The summed E-state index contributed by atoms with van der Waals surface area (Å²) in [5.41, 5.74) is 2.29. The number of hydrogen-bond acceptors (Lipinski definition) is 5. The highest BCUT2D eigenvalue weighted by molar-refractivity contribution is 6.28. The molecule has 0 radical (unpaired) electrons. The van der Waals surface area contributed by atoms with E-state index in [-0.39, 0.29) is 18.0 Å². The van der Waals surface area contributed by atoms with E-state index in [1.165, 1.54) is 0 Å². The van der Waals surface area contributed by atoms with Crippen molar-refractivity contribution in [1.82, 2.24) is 0 Å². The number of ketones is 2. The van der Waals surface area contributed by atoms with Crippen LogP contribution >= 0.6 is 0 Å². The van der Waals surface area contributed by atoms with Crippen molar-refractivity contribution in [3.63, 3.8) is 0 Å². The second-order valence-corrected chi connectivity index (χ2v) is 5.16. The molecule has 0 saturated heterocycles. The van der Waals surface area contributed by atoms with Crippen LogP contribution in [0.2, 0.25) is 0 Å². The van der Waals surface area contributed by atoms with Gasteiger partial charge in [0, 0.05) is 40.9 Å². The zero-order valence-electron chi connectivity index (χ0n) is 11.7. The van der Waals surface area contributed by atoms with E-state index >= 15 is 0 Å². The van der Waals surface area contributed by atoms with Gasteiger partial charge in [0.2, 0.25) is 0 Å². The second kappa shape index (κ2) is 5.71. The van der Waals surface area contributed by atoms with Gasteiger partial charge in [0.1, 0.15) is 0 Å². The summed E-state index contributed by atoms with van der Waals surface area (Å²) in [5.74, 6) is -0.321. The SMILES string of the molecule is O=C1c2ccccc2C(=O)c2cc(NCCC(O)O)ccc21. The highest BCUT2D eigenvalue weighted by atomic mass is 16.5. The van der Waals surface area contributed by atoms with E-state index in [4.69, 9.17) is 10.2 Å². The van der Waals surface area contributed by atoms with Gasteiger partial charge in [-0.15, -0.1) is 0 Å². The zero-order chi connectivity index (χ0) is 15.7. The number of hydrogen-bond donors (Lipinski definition) is 3. The molecule has 2 aromatic rings. The fourth-order valence-electron chi connectivity index (χ4n) is 2.55. The van der Waals surface area contributed by atoms with Crippen molar-refractivity contribution in [2.24, 2.45) is 0 Å². The average Bonchev–Trinajstić information content (AvgIpc) is 2.52. The van der Waals surface area contributed by atoms with E-state index in [2.05, 4.69) is 5.32 Å². The van der Waals surface area contributed by atoms with Crippen LogP contribution in [0.4, 0.5) is 5.69 Å². The minimum atomic E-state index is -1.37. The predicted molar refractivity (Wildman–Crippen MR) is 81.1 cm³/mol. The van der Waals surface area contributed by atoms with Crippen LogP contribution in [0.25, 0.3) is 0 Å². The third kappa shape index (κ3) is 2.52. The summed E-state index contributed by atoms with van der Waals surface area (Å²) in [5, 5.41) is 20.7. The minimum absolute atomic E-state index is 0.150. The zero-order valence-corrected chi connectivity index (χ0v) is 11.7. The number of anilines is 1. The molecule has 1 aliphatic carbocycles. The van der Waals surface area contributed by atoms with Gasteiger partial charge in [0.25, 0.3) is 0 Å². The Bertz CT molecular complexity index is 752. The maximum Gasteiger partial charge on any atom is 0.194 e. The fraction of sp³-hybridized carbons (Fsp3) is 0.176. The lowest BCUT2D eigenvalue weighted by atomic mass is 9.84. The second-order valence-electron chi connectivity index (χ2n) is 5.16. The molecule has 5 nitrogen and oxygen atoms in total. The molecule has 0 fully saturated rings. The Balaban J connectivity index is 1.92. The van der Waals surface area contributed by atoms with Crippen molar-refractivity contribution in [3.8, 4) is 0 Å². The van der Waals surface area contributed by atoms with Crippen LogP contribution in [0.15, 0.2) is 42.5 Å². The van der Waals surface area contributed by atoms with Gasteiger partial charge in [0.15, 0.2) is 17.9 Å². The molecule has 0 spiro atoms. The molecule has 0 bridgehead atoms. The smallest absolute Gasteiger partial charge is 0.194 e. The minimum Gasteiger partial charge on any atom is -0.385 e. The molecule has 3 rings (SSSR count). The Morgan fingerprint density at radius 2 is 1.45 bits per heavy atom. The molecule has 0 aliphatic heterocycles. The van der Waals surface area contributed by atoms with E-state index < -0.39 is 6.29 Å². The Labute approximate surface area is 127 Å². The van der Waals surface area contributed by atoms with Crippen LogP contribution in [0.5, 0.6) is 0 Å². The number of fused-ring (bicyclic) bond motifs is 2. The monoisotopic (exact) mass is 297 g/mol. The molecule has 0 aromatic heterocycles. The van der Waals surface area contributed by atoms with Crippen molar-refractivity contribution in [1.29, 1.82) is 0 Å². The molecule has 1 aliphatic rings. The van der Waals surface area contributed by atoms with Crippen LogP contribution in [0, 0.1) is 0 Å². The number of carbonyl (C=O) groups is 2. The van der Waals surface area contributed by atoms with Crippen molar-refractivity contribution < 1.29 is 19.8 Å². The fourth-order valence-corrected chi connectivity index (χ4v) is 2.55. The summed E-state index contributed by atoms with van der Waals surface area (Å²) in [6.07, 6.45) is -1.20. The van der Waals surface area contributed by atoms with Crippen molar-refractivity contribution in [2.75, 3.05) is 11.9 Å². The Hall–Kier alpha value is -2.50. The van der Waals surface area contributed by atoms with Crippen molar-refractivity contribution in [3.05, 3.63) is 64.7 Å². The van der Waals surface area contributed by atoms with Gasteiger partial charge in [-0.2, -0.15) is 0 Å². The number of rotatable bonds is 4. The first kappa shape index (κ1) is 14.4. The molecule has 2 aromatic carbocycles. The maximum atomic E-state index is 12.5. The predicted octanol–water partition coefficient (Wildman–Crippen LogP) is 1.57. The standard InChI is InChI=1S/C17H15NO4/c19-15(20)7-8-18-10-5-6-13-14(9-10)17(22)12-4-2-1-3-11(12)16(13)21/h1-6,9,15,18-20H,7-8H2. The summed E-state index contributed by atoms with van der Waals surface area (Å²) in [4.78, 5) is 25.0. The molecule has 3 N–H and O–H groups in total. The molecular weight excluding hydrogens is 282 g/mol. The normalized spacial score (nSPS) is 13.0. The van der Waals surface area contributed by atoms with Gasteiger partial charge >= 0.3 is 0 Å². The van der Waals surface area contributed by atoms with Crippen LogP contribution < -0.4 is 5.32 Å². The van der Waals surface area contributed by atoms with Gasteiger partial charge < -0.3 is 15.5 Å². The van der Waals surface area contributed by atoms with Gasteiger partial charge in [-0.1, -0.05) is 24.3 Å². The van der Waals surface area contributed by atoms with Crippen LogP contribution in [-0.2, 0) is 0 Å². The van der Waals surface area contributed by atoms with E-state index in [0.29, 0.717) is 34.5 Å². The highest BCUT2D eigenvalue weighted by Crippen LogP contribution is 2.29. The molecule has 0 atom stereocenters. The molecular formula is C17H15NO4. The quantitative estimate of drug-likeness (QED) is 0.636. The van der Waals surface area contributed by atoms with E-state index in [0.717, 1.165) is 0 Å². The number of benzene rings is 2. The summed E-state index contributed by atoms with van der Waals surface area (Å²) in [7, 11) is 0. The maximum absolute atomic E-state index is 12.5. The molecule has 22 heavy (non-hydrogen) atoms. The topological polar surface area (TPSA) is 86.6 Å². The lowest BCUT2D eigenvalue weighted by molar-refractivity contribution is -0.0423. The highest BCUT2D eigenvalue weighted by Gasteiger charge is 2.29. The lowest BCUT2D eigenvalue weighted by Gasteiger charge is -2.18. The first-order valence-corrected chi connectivity index (χ1v) is 7.00. The first-order valence-electron chi connectivity index (χ1n) is 7.00. The Kier molecular flexibility index (Phi) is 3.75. The number of aliphatic hydroxyl groups is 2. The van der Waals surface area contributed by atoms with Crippen LogP contribution in [0.3, 0.4) is 0 Å². The Morgan fingerprint density at radius 1 is 0.864 bits per heavy atom. The number of nitrogens with one attached hydrogen (secondary N) is 1.